The monoisotopic (exact) mass is 372 g/mol. The van der Waals surface area contributed by atoms with Gasteiger partial charge in [-0.1, -0.05) is 36.4 Å². The average molecular weight is 372 g/mol. The third-order valence-corrected chi connectivity index (χ3v) is 3.03. The van der Waals surface area contributed by atoms with Crippen molar-refractivity contribution in [2.75, 3.05) is 0 Å². The molecule has 2 aromatic rings. The number of nitrogens with one attached hydrogen (secondary N) is 1. The number of carbonyl (C=O) groups is 1. The molecule has 0 aliphatic rings. The van der Waals surface area contributed by atoms with Crippen LogP contribution in [-0.4, -0.2) is 10.8 Å². The average Bonchev–Trinajstić information content (AvgIpc) is 2.48. The number of nitrogens with zero attached hydrogens (tertiary/aromatic N) is 1. The van der Waals surface area contributed by atoms with Crippen LogP contribution in [-0.2, 0) is 39.1 Å². The SMILES string of the molecule is C[CH-]NC(=O)c1cc(Cc2ccccc2)ccc1[N+](=O)[O-].[Y]. The Balaban J connectivity index is 0.00000242. The number of carbonyl (C=O) groups excluding carboxylic acids is 1. The molecule has 0 fully saturated rings. The summed E-state index contributed by atoms with van der Waals surface area (Å²) in [6, 6.07) is 14.4. The van der Waals surface area contributed by atoms with Crippen molar-refractivity contribution in [2.24, 2.45) is 0 Å². The first-order valence-electron chi connectivity index (χ1n) is 6.51. The molecule has 0 aliphatic heterocycles. The maximum Gasteiger partial charge on any atom is 0.282 e. The Labute approximate surface area is 154 Å². The van der Waals surface area contributed by atoms with Gasteiger partial charge in [-0.2, -0.15) is 6.92 Å². The molecule has 0 spiro atoms. The molecule has 0 saturated carbocycles. The first-order valence-corrected chi connectivity index (χ1v) is 6.51. The Morgan fingerprint density at radius 2 is 1.86 bits per heavy atom. The number of benzene rings is 2. The molecule has 0 unspecified atom stereocenters. The van der Waals surface area contributed by atoms with Gasteiger partial charge >= 0.3 is 0 Å². The topological polar surface area (TPSA) is 72.2 Å². The van der Waals surface area contributed by atoms with Crippen molar-refractivity contribution in [1.29, 1.82) is 0 Å². The minimum atomic E-state index is -0.545. The van der Waals surface area contributed by atoms with Crippen LogP contribution in [0.5, 0.6) is 0 Å². The van der Waals surface area contributed by atoms with Gasteiger partial charge in [-0.25, -0.2) is 6.54 Å². The molecule has 0 bridgehead atoms. The summed E-state index contributed by atoms with van der Waals surface area (Å²) in [5.74, 6) is -0.473. The van der Waals surface area contributed by atoms with E-state index in [9.17, 15) is 14.9 Å². The smallest absolute Gasteiger partial charge is 0.282 e. The fraction of sp³-hybridized carbons (Fsp3) is 0.125. The maximum absolute atomic E-state index is 11.9. The predicted molar refractivity (Wildman–Crippen MR) is 79.8 cm³/mol. The quantitative estimate of drug-likeness (QED) is 0.498. The normalized spacial score (nSPS) is 9.68. The molecule has 1 N–H and O–H groups in total. The molecule has 1 radical (unpaired) electrons. The zero-order chi connectivity index (χ0) is 15.2. The van der Waals surface area contributed by atoms with Crippen LogP contribution in [0.4, 0.5) is 5.69 Å². The number of nitro benzene ring substituents is 1. The molecule has 6 heteroatoms. The Kier molecular flexibility index (Phi) is 7.35. The van der Waals surface area contributed by atoms with E-state index in [0.29, 0.717) is 6.42 Å². The van der Waals surface area contributed by atoms with E-state index in [-0.39, 0.29) is 44.0 Å². The minimum absolute atomic E-state index is 0. The van der Waals surface area contributed by atoms with E-state index >= 15 is 0 Å². The van der Waals surface area contributed by atoms with Crippen LogP contribution in [0.3, 0.4) is 0 Å². The summed E-state index contributed by atoms with van der Waals surface area (Å²) in [7, 11) is 0. The summed E-state index contributed by atoms with van der Waals surface area (Å²) in [6.45, 7) is 3.10. The van der Waals surface area contributed by atoms with E-state index in [1.54, 1.807) is 19.1 Å². The van der Waals surface area contributed by atoms with Gasteiger partial charge in [0.05, 0.1) is 4.92 Å². The van der Waals surface area contributed by atoms with Crippen LogP contribution in [0, 0.1) is 16.7 Å². The number of rotatable bonds is 5. The number of amides is 1. The van der Waals surface area contributed by atoms with Gasteiger partial charge in [0, 0.05) is 38.8 Å². The van der Waals surface area contributed by atoms with Crippen LogP contribution in [0.15, 0.2) is 48.5 Å². The third kappa shape index (κ3) is 4.71. The van der Waals surface area contributed by atoms with E-state index < -0.39 is 10.8 Å². The van der Waals surface area contributed by atoms with Gasteiger partial charge in [0.25, 0.3) is 5.69 Å². The summed E-state index contributed by atoms with van der Waals surface area (Å²) < 4.78 is 0. The van der Waals surface area contributed by atoms with E-state index in [0.717, 1.165) is 11.1 Å². The van der Waals surface area contributed by atoms with Crippen molar-refractivity contribution < 1.29 is 42.4 Å². The zero-order valence-electron chi connectivity index (χ0n) is 12.2. The van der Waals surface area contributed by atoms with Crippen molar-refractivity contribution >= 4 is 11.6 Å². The molecule has 111 valence electrons. The van der Waals surface area contributed by atoms with Crippen molar-refractivity contribution in [3.63, 3.8) is 0 Å². The molecule has 2 aromatic carbocycles. The minimum Gasteiger partial charge on any atom is -0.502 e. The van der Waals surface area contributed by atoms with Crippen LogP contribution < -0.4 is 5.32 Å². The Hall–Kier alpha value is -1.59. The second-order valence-electron chi connectivity index (χ2n) is 4.53. The van der Waals surface area contributed by atoms with Gasteiger partial charge in [0.15, 0.2) is 0 Å². The van der Waals surface area contributed by atoms with Gasteiger partial charge in [0.1, 0.15) is 5.56 Å². The molecule has 0 aromatic heterocycles. The van der Waals surface area contributed by atoms with E-state index in [1.165, 1.54) is 12.6 Å². The van der Waals surface area contributed by atoms with Gasteiger partial charge in [-0.3, -0.25) is 14.9 Å². The van der Waals surface area contributed by atoms with Crippen LogP contribution in [0.2, 0.25) is 0 Å². The maximum atomic E-state index is 11.9. The van der Waals surface area contributed by atoms with Crippen molar-refractivity contribution in [3.05, 3.63) is 81.9 Å². The van der Waals surface area contributed by atoms with Crippen molar-refractivity contribution in [1.82, 2.24) is 5.32 Å². The van der Waals surface area contributed by atoms with E-state index in [4.69, 9.17) is 0 Å². The van der Waals surface area contributed by atoms with Crippen LogP contribution in [0.1, 0.15) is 28.4 Å². The molecule has 5 nitrogen and oxygen atoms in total. The van der Waals surface area contributed by atoms with Crippen LogP contribution >= 0.6 is 0 Å². The summed E-state index contributed by atoms with van der Waals surface area (Å²) >= 11 is 0. The van der Waals surface area contributed by atoms with Gasteiger partial charge in [-0.05, 0) is 23.6 Å². The molecule has 0 atom stereocenters. The fourth-order valence-electron chi connectivity index (χ4n) is 2.07. The molecule has 22 heavy (non-hydrogen) atoms. The molecule has 2 rings (SSSR count). The molecular weight excluding hydrogens is 357 g/mol. The fourth-order valence-corrected chi connectivity index (χ4v) is 2.07. The molecular formula is C16H15N2O3Y-. The van der Waals surface area contributed by atoms with Gasteiger partial charge in [0.2, 0.25) is 5.91 Å². The molecule has 0 aliphatic carbocycles. The second kappa shape index (κ2) is 8.76. The zero-order valence-corrected chi connectivity index (χ0v) is 15.0. The van der Waals surface area contributed by atoms with Gasteiger partial charge < -0.3 is 5.32 Å². The Morgan fingerprint density at radius 3 is 2.45 bits per heavy atom. The molecule has 0 heterocycles. The molecule has 0 saturated heterocycles. The molecule has 1 amide bonds. The van der Waals surface area contributed by atoms with E-state index in [2.05, 4.69) is 5.32 Å². The standard InChI is InChI=1S/C16H15N2O3.Y/c1-2-17-16(19)14-11-13(8-9-15(14)18(20)21)10-12-6-4-3-5-7-12;/h2-9,11H,10H2,1H3,(H,17,19);/q-1;. The summed E-state index contributed by atoms with van der Waals surface area (Å²) in [4.78, 5) is 22.4. The summed E-state index contributed by atoms with van der Waals surface area (Å²) in [6.07, 6.45) is 0.620. The number of hydrogen-bond acceptors (Lipinski definition) is 3. The van der Waals surface area contributed by atoms with E-state index in [1.807, 2.05) is 30.3 Å². The Morgan fingerprint density at radius 1 is 1.18 bits per heavy atom. The number of hydrogen-bond donors (Lipinski definition) is 1. The Bertz CT molecular complexity index is 660. The summed E-state index contributed by atoms with van der Waals surface area (Å²) in [5.41, 5.74) is 1.82. The van der Waals surface area contributed by atoms with Crippen molar-refractivity contribution in [2.45, 2.75) is 13.3 Å². The van der Waals surface area contributed by atoms with Gasteiger partial charge in [-0.15, -0.1) is 0 Å². The first-order chi connectivity index (χ1) is 10.1. The summed E-state index contributed by atoms with van der Waals surface area (Å²) in [5, 5.41) is 13.5. The first kappa shape index (κ1) is 18.5. The van der Waals surface area contributed by atoms with Crippen LogP contribution in [0.25, 0.3) is 0 Å². The largest absolute Gasteiger partial charge is 0.502 e. The second-order valence-corrected chi connectivity index (χ2v) is 4.53. The van der Waals surface area contributed by atoms with Crippen molar-refractivity contribution in [3.8, 4) is 0 Å². The third-order valence-electron chi connectivity index (χ3n) is 3.03. The predicted octanol–water partition coefficient (Wildman–Crippen LogP) is 3.09. The number of nitro groups is 1.